The van der Waals surface area contributed by atoms with E-state index in [-0.39, 0.29) is 0 Å². The molecule has 51 heavy (non-hydrogen) atoms. The van der Waals surface area contributed by atoms with E-state index in [1.165, 1.54) is 0 Å². The van der Waals surface area contributed by atoms with Crippen LogP contribution in [0.4, 0.5) is 0 Å². The third-order valence-corrected chi connectivity index (χ3v) is 17.7. The molecule has 0 bridgehead atoms. The maximum absolute atomic E-state index is 8.99. The summed E-state index contributed by atoms with van der Waals surface area (Å²) in [4.78, 5) is 20.4. The van der Waals surface area contributed by atoms with Crippen molar-refractivity contribution in [2.75, 3.05) is 0 Å². The molecule has 1 unspecified atom stereocenters. The molecule has 10 rings (SSSR count). The zero-order valence-corrected chi connectivity index (χ0v) is 29.6. The lowest BCUT2D eigenvalue weighted by Gasteiger charge is -2.38. The molecule has 0 fully saturated rings. The Kier molecular flexibility index (Phi) is 5.84. The van der Waals surface area contributed by atoms with E-state index in [0.717, 1.165) is 48.0 Å². The van der Waals surface area contributed by atoms with Gasteiger partial charge in [0.2, 0.25) is 19.8 Å². The minimum Gasteiger partial charge on any atom is -0.458 e. The summed E-state index contributed by atoms with van der Waals surface area (Å²) in [6.07, 6.45) is 1.59. The van der Waals surface area contributed by atoms with Gasteiger partial charge in [-0.3, -0.25) is 4.40 Å². The molecule has 9 aromatic rings. The van der Waals surface area contributed by atoms with Crippen LogP contribution in [0.15, 0.2) is 158 Å². The second kappa shape index (κ2) is 11.2. The first-order valence-electron chi connectivity index (χ1n) is 18.4. The summed E-state index contributed by atoms with van der Waals surface area (Å²) in [5.41, 5.74) is 4.34. The minimum atomic E-state index is -3.52. The van der Waals surface area contributed by atoms with Crippen molar-refractivity contribution >= 4 is 75.4 Å². The predicted molar refractivity (Wildman–Crippen MR) is 210 cm³/mol. The Balaban J connectivity index is 1.32. The number of hydrogen-bond acceptors (Lipinski definition) is 5. The molecule has 0 spiro atoms. The van der Waals surface area contributed by atoms with Crippen LogP contribution in [0.2, 0.25) is 13.0 Å². The molecular weight excluding hydrogens is 661 g/mol. The minimum absolute atomic E-state index is 0.433. The fraction of sp³-hybridized carbons (Fsp3) is 0.0476. The zero-order valence-electron chi connectivity index (χ0n) is 30.6. The van der Waals surface area contributed by atoms with Gasteiger partial charge in [0, 0.05) is 9.30 Å². The molecule has 3 aromatic heterocycles. The molecule has 1 atom stereocenters. The van der Waals surface area contributed by atoms with E-state index in [0.29, 0.717) is 28.7 Å². The Bertz CT molecular complexity index is 2860. The van der Waals surface area contributed by atoms with E-state index in [1.807, 2.05) is 114 Å². The Morgan fingerprint density at radius 2 is 1.27 bits per heavy atom. The van der Waals surface area contributed by atoms with Crippen molar-refractivity contribution in [3.63, 3.8) is 0 Å². The second-order valence-corrected chi connectivity index (χ2v) is 20.0. The molecule has 0 amide bonds. The first kappa shape index (κ1) is 26.7. The van der Waals surface area contributed by atoms with E-state index in [9.17, 15) is 0 Å². The smallest absolute Gasteiger partial charge is 0.239 e. The average Bonchev–Trinajstić information content (AvgIpc) is 3.74. The van der Waals surface area contributed by atoms with Gasteiger partial charge in [0.15, 0.2) is 0 Å². The molecule has 6 aromatic carbocycles. The van der Waals surface area contributed by atoms with Gasteiger partial charge in [0.05, 0.1) is 22.1 Å². The van der Waals surface area contributed by atoms with Gasteiger partial charge in [-0.05, 0) is 51.1 Å². The number of imidazole rings is 2. The lowest BCUT2D eigenvalue weighted by molar-refractivity contribution is 0.490. The second-order valence-electron chi connectivity index (χ2n) is 13.1. The van der Waals surface area contributed by atoms with E-state index in [1.54, 1.807) is 6.33 Å². The molecule has 0 saturated carbocycles. The number of ether oxygens (including phenoxy) is 1. The van der Waals surface area contributed by atoms with Crippen LogP contribution in [0, 0.1) is 0 Å². The molecule has 9 heteroatoms. The maximum Gasteiger partial charge on any atom is 0.239 e. The molecule has 0 N–H and O–H groups in total. The highest BCUT2D eigenvalue weighted by molar-refractivity contribution is 7.20. The van der Waals surface area contributed by atoms with Crippen molar-refractivity contribution in [1.82, 2.24) is 28.9 Å². The topological polar surface area (TPSA) is 70.1 Å². The molecule has 1 aliphatic heterocycles. The van der Waals surface area contributed by atoms with Crippen molar-refractivity contribution in [3.8, 4) is 17.4 Å². The molecule has 0 saturated heterocycles. The molecule has 4 heterocycles. The van der Waals surface area contributed by atoms with Crippen LogP contribution in [-0.4, -0.2) is 45.1 Å². The highest BCUT2D eigenvalue weighted by atomic mass is 28.3. The van der Waals surface area contributed by atoms with Crippen molar-refractivity contribution in [2.24, 2.45) is 0 Å². The summed E-state index contributed by atoms with van der Waals surface area (Å²) in [6, 6.07) is 50.6. The summed E-state index contributed by atoms with van der Waals surface area (Å²) < 4.78 is 38.1. The fourth-order valence-corrected chi connectivity index (χ4v) is 14.9. The number of nitrogens with zero attached hydrogens (tertiary/aromatic N) is 6. The third-order valence-electron chi connectivity index (χ3n) is 10.2. The first-order valence-corrected chi connectivity index (χ1v) is 21.4. The Hall–Kier alpha value is -6.17. The predicted octanol–water partition coefficient (Wildman–Crippen LogP) is 4.92. The van der Waals surface area contributed by atoms with Crippen molar-refractivity contribution < 1.29 is 8.85 Å². The highest BCUT2D eigenvalue weighted by Crippen LogP contribution is 2.30. The van der Waals surface area contributed by atoms with Crippen LogP contribution < -0.4 is 36.1 Å². The largest absolute Gasteiger partial charge is 0.458 e. The summed E-state index contributed by atoms with van der Waals surface area (Å²) in [7, 11) is -6.92. The van der Waals surface area contributed by atoms with Crippen LogP contribution in [0.5, 0.6) is 11.5 Å². The van der Waals surface area contributed by atoms with Gasteiger partial charge in [0.25, 0.3) is 0 Å². The van der Waals surface area contributed by atoms with Gasteiger partial charge in [0.1, 0.15) is 31.3 Å². The number of benzene rings is 6. The number of hydrogen-bond donors (Lipinski definition) is 0. The Labute approximate surface area is 300 Å². The van der Waals surface area contributed by atoms with Gasteiger partial charge >= 0.3 is 0 Å². The van der Waals surface area contributed by atoms with Crippen LogP contribution >= 0.6 is 0 Å². The SMILES string of the molecule is [2H]C([2H])([2H])[Si]1(C)c2ccccc2Oc2c([Si](c3ccccc3)(c3ccccc3)c3ncnc(-n4c5ccccc5n5c6ccccc6nc45)n3)cccc21. The maximum atomic E-state index is 8.99. The first-order chi connectivity index (χ1) is 26.3. The van der Waals surface area contributed by atoms with Crippen molar-refractivity contribution in [1.29, 1.82) is 0 Å². The summed E-state index contributed by atoms with van der Waals surface area (Å²) >= 11 is 0. The Morgan fingerprint density at radius 3 is 2.04 bits per heavy atom. The van der Waals surface area contributed by atoms with Crippen LogP contribution in [0.25, 0.3) is 33.8 Å². The molecule has 244 valence electrons. The number of para-hydroxylation sites is 6. The molecule has 1 aliphatic rings. The summed E-state index contributed by atoms with van der Waals surface area (Å²) in [5.74, 6) is 2.28. The van der Waals surface area contributed by atoms with Crippen LogP contribution in [0.3, 0.4) is 0 Å². The van der Waals surface area contributed by atoms with Crippen LogP contribution in [-0.2, 0) is 0 Å². The van der Waals surface area contributed by atoms with Gasteiger partial charge in [-0.2, -0.15) is 0 Å². The van der Waals surface area contributed by atoms with E-state index in [4.69, 9.17) is 28.8 Å². The van der Waals surface area contributed by atoms with Crippen molar-refractivity contribution in [2.45, 2.75) is 13.0 Å². The highest BCUT2D eigenvalue weighted by Gasteiger charge is 2.49. The molecule has 7 nitrogen and oxygen atoms in total. The lowest BCUT2D eigenvalue weighted by Crippen LogP contribution is -2.77. The van der Waals surface area contributed by atoms with Gasteiger partial charge < -0.3 is 4.74 Å². The normalized spacial score (nSPS) is 16.6. The van der Waals surface area contributed by atoms with Gasteiger partial charge in [-0.15, -0.1) is 0 Å². The summed E-state index contributed by atoms with van der Waals surface area (Å²) in [5, 5.41) is 4.42. The third kappa shape index (κ3) is 4.22. The fourth-order valence-electron chi connectivity index (χ4n) is 7.92. The quantitative estimate of drug-likeness (QED) is 0.189. The summed E-state index contributed by atoms with van der Waals surface area (Å²) in [6.45, 7) is -0.310. The van der Waals surface area contributed by atoms with E-state index < -0.39 is 22.6 Å². The van der Waals surface area contributed by atoms with Crippen molar-refractivity contribution in [3.05, 3.63) is 158 Å². The number of rotatable bonds is 5. The number of fused-ring (bicyclic) bond motifs is 7. The zero-order chi connectivity index (χ0) is 36.7. The molecule has 0 radical (unpaired) electrons. The monoisotopic (exact) mass is 695 g/mol. The number of aromatic nitrogens is 6. The molecular formula is C42H32N6OSi2. The van der Waals surface area contributed by atoms with E-state index >= 15 is 0 Å². The molecule has 0 aliphatic carbocycles. The van der Waals surface area contributed by atoms with Gasteiger partial charge in [-0.1, -0.05) is 134 Å². The standard InChI is InChI=1S/C42H32N6OSi2/c1-50(2)36-25-14-13-24-35(36)49-39-37(50)26-15-27-38(39)51(29-16-5-3-6-17-29,30-18-7-4-8-19-30)41-44-28-43-40(46-41)48-34-23-12-11-22-33(34)47-32-21-10-9-20-31(32)45-42(47)48/h3-28H,1-2H3/i1D3. The lowest BCUT2D eigenvalue weighted by atomic mass is 10.3. The van der Waals surface area contributed by atoms with Crippen LogP contribution in [0.1, 0.15) is 4.11 Å². The van der Waals surface area contributed by atoms with E-state index in [2.05, 4.69) is 52.9 Å². The van der Waals surface area contributed by atoms with Gasteiger partial charge in [-0.25, -0.2) is 24.5 Å². The Morgan fingerprint density at radius 1 is 0.627 bits per heavy atom. The average molecular weight is 696 g/mol.